The van der Waals surface area contributed by atoms with Gasteiger partial charge in [0.15, 0.2) is 11.6 Å². The molecule has 0 aromatic heterocycles. The SMILES string of the molecule is C=CC(Oc1ccc([N+](=O)[O-])cc1F)C(=O)OC. The van der Waals surface area contributed by atoms with Gasteiger partial charge in [0.2, 0.25) is 6.10 Å². The Labute approximate surface area is 102 Å². The maximum Gasteiger partial charge on any atom is 0.351 e. The van der Waals surface area contributed by atoms with Crippen LogP contribution >= 0.6 is 0 Å². The summed E-state index contributed by atoms with van der Waals surface area (Å²) in [6.07, 6.45) is -0.0434. The Morgan fingerprint density at radius 1 is 1.61 bits per heavy atom. The van der Waals surface area contributed by atoms with E-state index in [1.807, 2.05) is 0 Å². The number of rotatable bonds is 5. The highest BCUT2D eigenvalue weighted by Crippen LogP contribution is 2.23. The van der Waals surface area contributed by atoms with Crippen LogP contribution in [-0.4, -0.2) is 24.1 Å². The minimum absolute atomic E-state index is 0.295. The van der Waals surface area contributed by atoms with E-state index in [0.29, 0.717) is 6.07 Å². The Morgan fingerprint density at radius 2 is 2.28 bits per heavy atom. The number of benzene rings is 1. The van der Waals surface area contributed by atoms with Crippen LogP contribution in [0.1, 0.15) is 0 Å². The van der Waals surface area contributed by atoms with Gasteiger partial charge < -0.3 is 9.47 Å². The van der Waals surface area contributed by atoms with E-state index in [9.17, 15) is 19.3 Å². The van der Waals surface area contributed by atoms with Gasteiger partial charge in [0.1, 0.15) is 0 Å². The molecule has 0 saturated carbocycles. The second-order valence-electron chi connectivity index (χ2n) is 3.17. The molecular formula is C11H10FNO5. The van der Waals surface area contributed by atoms with Gasteiger partial charge in [-0.05, 0) is 12.1 Å². The van der Waals surface area contributed by atoms with Crippen LogP contribution < -0.4 is 4.74 Å². The smallest absolute Gasteiger partial charge is 0.351 e. The molecule has 7 heteroatoms. The standard InChI is InChI=1S/C11H10FNO5/c1-3-9(11(14)17-2)18-10-5-4-7(13(15)16)6-8(10)12/h3-6,9H,1H2,2H3. The molecule has 0 spiro atoms. The van der Waals surface area contributed by atoms with Crippen molar-refractivity contribution in [3.63, 3.8) is 0 Å². The van der Waals surface area contributed by atoms with Crippen molar-refractivity contribution in [3.05, 3.63) is 46.8 Å². The molecule has 0 heterocycles. The first-order valence-corrected chi connectivity index (χ1v) is 4.80. The first kappa shape index (κ1) is 13.6. The van der Waals surface area contributed by atoms with Gasteiger partial charge in [-0.15, -0.1) is 0 Å². The number of carbonyl (C=O) groups is 1. The van der Waals surface area contributed by atoms with Gasteiger partial charge >= 0.3 is 5.97 Å². The van der Waals surface area contributed by atoms with Crippen LogP contribution in [-0.2, 0) is 9.53 Å². The minimum Gasteiger partial charge on any atom is -0.472 e. The van der Waals surface area contributed by atoms with Gasteiger partial charge in [0.05, 0.1) is 18.1 Å². The molecule has 0 fully saturated rings. The molecular weight excluding hydrogens is 245 g/mol. The fourth-order valence-corrected chi connectivity index (χ4v) is 1.14. The third-order valence-corrected chi connectivity index (χ3v) is 2.03. The van der Waals surface area contributed by atoms with Gasteiger partial charge in [-0.2, -0.15) is 0 Å². The molecule has 1 rings (SSSR count). The molecule has 0 radical (unpaired) electrons. The minimum atomic E-state index is -1.18. The summed E-state index contributed by atoms with van der Waals surface area (Å²) in [5, 5.41) is 10.4. The summed E-state index contributed by atoms with van der Waals surface area (Å²) in [5.74, 6) is -1.99. The number of nitrogens with zero attached hydrogens (tertiary/aromatic N) is 1. The Balaban J connectivity index is 2.94. The summed E-state index contributed by atoms with van der Waals surface area (Å²) < 4.78 is 22.9. The Bertz CT molecular complexity index is 488. The Hall–Kier alpha value is -2.44. The van der Waals surface area contributed by atoms with Crippen LogP contribution in [0.5, 0.6) is 5.75 Å². The summed E-state index contributed by atoms with van der Waals surface area (Å²) in [6, 6.07) is 2.83. The second kappa shape index (κ2) is 5.76. The molecule has 1 aromatic carbocycles. The van der Waals surface area contributed by atoms with Crippen LogP contribution in [0.3, 0.4) is 0 Å². The van der Waals surface area contributed by atoms with E-state index in [2.05, 4.69) is 11.3 Å². The van der Waals surface area contributed by atoms with Crippen molar-refractivity contribution in [2.45, 2.75) is 6.10 Å². The van der Waals surface area contributed by atoms with Gasteiger partial charge in [0, 0.05) is 6.07 Å². The van der Waals surface area contributed by atoms with Crippen LogP contribution in [0.15, 0.2) is 30.9 Å². The van der Waals surface area contributed by atoms with Crippen LogP contribution in [0, 0.1) is 15.9 Å². The number of hydrogen-bond acceptors (Lipinski definition) is 5. The van der Waals surface area contributed by atoms with Crippen molar-refractivity contribution < 1.29 is 23.6 Å². The molecule has 0 aliphatic rings. The number of methoxy groups -OCH3 is 1. The lowest BCUT2D eigenvalue weighted by Gasteiger charge is -2.13. The normalized spacial score (nSPS) is 11.4. The van der Waals surface area contributed by atoms with Crippen molar-refractivity contribution in [2.75, 3.05) is 7.11 Å². The molecule has 6 nitrogen and oxygen atoms in total. The largest absolute Gasteiger partial charge is 0.472 e. The summed E-state index contributed by atoms with van der Waals surface area (Å²) in [7, 11) is 1.15. The van der Waals surface area contributed by atoms with E-state index < -0.39 is 28.5 Å². The zero-order valence-electron chi connectivity index (χ0n) is 9.46. The summed E-state index contributed by atoms with van der Waals surface area (Å²) >= 11 is 0. The highest BCUT2D eigenvalue weighted by Gasteiger charge is 2.20. The van der Waals surface area contributed by atoms with Gasteiger partial charge in [-0.3, -0.25) is 10.1 Å². The van der Waals surface area contributed by atoms with Crippen molar-refractivity contribution in [3.8, 4) is 5.75 Å². The van der Waals surface area contributed by atoms with E-state index >= 15 is 0 Å². The predicted molar refractivity (Wildman–Crippen MR) is 59.7 cm³/mol. The van der Waals surface area contributed by atoms with E-state index in [1.54, 1.807) is 0 Å². The van der Waals surface area contributed by atoms with E-state index in [1.165, 1.54) is 0 Å². The molecule has 0 amide bonds. The van der Waals surface area contributed by atoms with Gasteiger partial charge in [0.25, 0.3) is 5.69 Å². The van der Waals surface area contributed by atoms with Crippen LogP contribution in [0.4, 0.5) is 10.1 Å². The number of halogens is 1. The first-order chi connectivity index (χ1) is 8.49. The summed E-state index contributed by atoms with van der Waals surface area (Å²) in [6.45, 7) is 3.35. The molecule has 1 atom stereocenters. The summed E-state index contributed by atoms with van der Waals surface area (Å²) in [4.78, 5) is 20.9. The molecule has 18 heavy (non-hydrogen) atoms. The van der Waals surface area contributed by atoms with Crippen LogP contribution in [0.2, 0.25) is 0 Å². The molecule has 0 aliphatic heterocycles. The monoisotopic (exact) mass is 255 g/mol. The fraction of sp³-hybridized carbons (Fsp3) is 0.182. The van der Waals surface area contributed by atoms with Crippen molar-refractivity contribution in [1.82, 2.24) is 0 Å². The van der Waals surface area contributed by atoms with Crippen molar-refractivity contribution in [1.29, 1.82) is 0 Å². The molecule has 1 aromatic rings. The third-order valence-electron chi connectivity index (χ3n) is 2.03. The molecule has 96 valence electrons. The number of hydrogen-bond donors (Lipinski definition) is 0. The lowest BCUT2D eigenvalue weighted by Crippen LogP contribution is -2.26. The van der Waals surface area contributed by atoms with E-state index in [-0.39, 0.29) is 5.75 Å². The topological polar surface area (TPSA) is 78.7 Å². The summed E-state index contributed by atoms with van der Waals surface area (Å²) in [5.41, 5.74) is -0.409. The number of nitro benzene ring substituents is 1. The molecule has 0 bridgehead atoms. The Kier molecular flexibility index (Phi) is 4.36. The maximum absolute atomic E-state index is 13.5. The molecule has 0 aliphatic carbocycles. The highest BCUT2D eigenvalue weighted by atomic mass is 19.1. The quantitative estimate of drug-likeness (QED) is 0.347. The van der Waals surface area contributed by atoms with Crippen molar-refractivity contribution in [2.24, 2.45) is 0 Å². The average molecular weight is 255 g/mol. The van der Waals surface area contributed by atoms with E-state index in [0.717, 1.165) is 25.3 Å². The lowest BCUT2D eigenvalue weighted by molar-refractivity contribution is -0.385. The fourth-order valence-electron chi connectivity index (χ4n) is 1.14. The number of nitro groups is 1. The number of ether oxygens (including phenoxy) is 2. The highest BCUT2D eigenvalue weighted by molar-refractivity contribution is 5.77. The Morgan fingerprint density at radius 3 is 2.72 bits per heavy atom. The van der Waals surface area contributed by atoms with E-state index in [4.69, 9.17) is 4.74 Å². The predicted octanol–water partition coefficient (Wildman–Crippen LogP) is 1.84. The number of esters is 1. The maximum atomic E-state index is 13.5. The number of non-ortho nitro benzene ring substituents is 1. The molecule has 0 saturated heterocycles. The lowest BCUT2D eigenvalue weighted by atomic mass is 10.3. The number of carbonyl (C=O) groups excluding carboxylic acids is 1. The third kappa shape index (κ3) is 3.03. The zero-order chi connectivity index (χ0) is 13.7. The second-order valence-corrected chi connectivity index (χ2v) is 3.17. The average Bonchev–Trinajstić information content (AvgIpc) is 2.36. The molecule has 1 unspecified atom stereocenters. The van der Waals surface area contributed by atoms with Crippen molar-refractivity contribution >= 4 is 11.7 Å². The zero-order valence-corrected chi connectivity index (χ0v) is 9.46. The first-order valence-electron chi connectivity index (χ1n) is 4.80. The van der Waals surface area contributed by atoms with Gasteiger partial charge in [-0.1, -0.05) is 6.58 Å². The van der Waals surface area contributed by atoms with Crippen LogP contribution in [0.25, 0.3) is 0 Å². The molecule has 0 N–H and O–H groups in total. The van der Waals surface area contributed by atoms with Gasteiger partial charge in [-0.25, -0.2) is 9.18 Å².